The van der Waals surface area contributed by atoms with Gasteiger partial charge in [0.15, 0.2) is 5.78 Å². The molecule has 0 fully saturated rings. The highest BCUT2D eigenvalue weighted by molar-refractivity contribution is 6.00. The largest absolute Gasteiger partial charge is 0.443 e. The number of allylic oxidation sites excluding steroid dienone is 3. The monoisotopic (exact) mass is 345 g/mol. The lowest BCUT2D eigenvalue weighted by Gasteiger charge is -2.37. The summed E-state index contributed by atoms with van der Waals surface area (Å²) in [7, 11) is 0. The topological polar surface area (TPSA) is 67.9 Å². The summed E-state index contributed by atoms with van der Waals surface area (Å²) >= 11 is 0. The van der Waals surface area contributed by atoms with Gasteiger partial charge in [-0.3, -0.25) is 14.3 Å². The van der Waals surface area contributed by atoms with Gasteiger partial charge in [0.25, 0.3) is 0 Å². The zero-order valence-corrected chi connectivity index (χ0v) is 14.8. The van der Waals surface area contributed by atoms with E-state index in [2.05, 4.69) is 24.9 Å². The van der Waals surface area contributed by atoms with Crippen molar-refractivity contribution in [3.8, 4) is 6.07 Å². The normalized spacial score (nSPS) is 21.9. The van der Waals surface area contributed by atoms with Crippen LogP contribution in [-0.2, 0) is 9.53 Å². The molecular formula is C21H19N3O2. The number of ketones is 1. The minimum absolute atomic E-state index is 0.0457. The molecule has 0 saturated carbocycles. The highest BCUT2D eigenvalue weighted by Crippen LogP contribution is 2.49. The van der Waals surface area contributed by atoms with Crippen LogP contribution >= 0.6 is 0 Å². The molecule has 0 N–H and O–H groups in total. The molecule has 2 aromatic heterocycles. The van der Waals surface area contributed by atoms with Crippen molar-refractivity contribution in [3.63, 3.8) is 0 Å². The maximum absolute atomic E-state index is 13.0. The van der Waals surface area contributed by atoms with Crippen LogP contribution in [-0.4, -0.2) is 15.3 Å². The first-order chi connectivity index (χ1) is 12.5. The van der Waals surface area contributed by atoms with Crippen LogP contribution in [0.2, 0.25) is 0 Å². The second-order valence-corrected chi connectivity index (χ2v) is 7.52. The second-order valence-electron chi connectivity index (χ2n) is 7.52. The van der Waals surface area contributed by atoms with Crippen molar-refractivity contribution in [2.75, 3.05) is 0 Å². The van der Waals surface area contributed by atoms with E-state index in [0.717, 1.165) is 5.56 Å². The number of ether oxygens (including phenoxy) is 1. The molecule has 2 aromatic rings. The Bertz CT molecular complexity index is 960. The van der Waals surface area contributed by atoms with E-state index in [1.165, 1.54) is 0 Å². The summed E-state index contributed by atoms with van der Waals surface area (Å²) < 4.78 is 7.94. The molecule has 0 radical (unpaired) electrons. The van der Waals surface area contributed by atoms with Gasteiger partial charge in [0.2, 0.25) is 5.88 Å². The molecule has 0 unspecified atom stereocenters. The standard InChI is InChI=1S/C21H19N3O2/c1-21(2)10-16(25)19-17(11-21)26-20(24-8-3-4-9-24)15(12-22)18(19)14-6-5-7-23-13-14/h3-9,13,18H,10-11H2,1-2H3/t18-/m0/s1. The van der Waals surface area contributed by atoms with Crippen molar-refractivity contribution in [1.82, 2.24) is 9.55 Å². The van der Waals surface area contributed by atoms with E-state index in [0.29, 0.717) is 35.6 Å². The molecule has 5 nitrogen and oxygen atoms in total. The molecule has 1 aliphatic heterocycles. The van der Waals surface area contributed by atoms with Gasteiger partial charge in [-0.25, -0.2) is 0 Å². The summed E-state index contributed by atoms with van der Waals surface area (Å²) in [4.78, 5) is 17.2. The van der Waals surface area contributed by atoms with Crippen molar-refractivity contribution in [3.05, 3.63) is 71.5 Å². The molecule has 26 heavy (non-hydrogen) atoms. The molecule has 0 saturated heterocycles. The van der Waals surface area contributed by atoms with Crippen LogP contribution in [0.5, 0.6) is 0 Å². The molecule has 0 bridgehead atoms. The predicted octanol–water partition coefficient (Wildman–Crippen LogP) is 4.03. The van der Waals surface area contributed by atoms with Crippen LogP contribution in [0.25, 0.3) is 5.88 Å². The average Bonchev–Trinajstić information content (AvgIpc) is 3.14. The number of nitriles is 1. The summed E-state index contributed by atoms with van der Waals surface area (Å²) in [5, 5.41) is 9.92. The van der Waals surface area contributed by atoms with Crippen molar-refractivity contribution in [1.29, 1.82) is 5.26 Å². The average molecular weight is 345 g/mol. The number of pyridine rings is 1. The summed E-state index contributed by atoms with van der Waals surface area (Å²) in [5.41, 5.74) is 1.70. The summed E-state index contributed by atoms with van der Waals surface area (Å²) in [6, 6.07) is 9.78. The SMILES string of the molecule is CC1(C)CC(=O)C2=C(C1)OC(n1cccc1)=C(C#N)[C@@H]2c1cccnc1. The van der Waals surface area contributed by atoms with Gasteiger partial charge in [0.05, 0.1) is 5.92 Å². The van der Waals surface area contributed by atoms with E-state index in [-0.39, 0.29) is 11.2 Å². The lowest BCUT2D eigenvalue weighted by Crippen LogP contribution is -2.32. The van der Waals surface area contributed by atoms with E-state index >= 15 is 0 Å². The molecular weight excluding hydrogens is 326 g/mol. The Balaban J connectivity index is 1.95. The molecule has 3 heterocycles. The third-order valence-electron chi connectivity index (χ3n) is 4.88. The van der Waals surface area contributed by atoms with Gasteiger partial charge in [-0.2, -0.15) is 5.26 Å². The highest BCUT2D eigenvalue weighted by atomic mass is 16.5. The number of rotatable bonds is 2. The molecule has 1 aliphatic carbocycles. The first-order valence-electron chi connectivity index (χ1n) is 8.62. The molecule has 1 atom stereocenters. The van der Waals surface area contributed by atoms with Crippen molar-refractivity contribution in [2.24, 2.45) is 5.41 Å². The number of Topliss-reactive ketones (excluding diaryl/α,β-unsaturated/α-hetero) is 1. The van der Waals surface area contributed by atoms with Crippen molar-refractivity contribution in [2.45, 2.75) is 32.6 Å². The zero-order chi connectivity index (χ0) is 18.3. The summed E-state index contributed by atoms with van der Waals surface area (Å²) in [5.74, 6) is 0.737. The maximum Gasteiger partial charge on any atom is 0.218 e. The van der Waals surface area contributed by atoms with Gasteiger partial charge < -0.3 is 4.74 Å². The third-order valence-corrected chi connectivity index (χ3v) is 4.88. The quantitative estimate of drug-likeness (QED) is 0.824. The van der Waals surface area contributed by atoms with E-state index in [1.54, 1.807) is 17.0 Å². The Labute approximate surface area is 152 Å². The van der Waals surface area contributed by atoms with Crippen molar-refractivity contribution >= 4 is 11.7 Å². The lowest BCUT2D eigenvalue weighted by atomic mass is 9.70. The predicted molar refractivity (Wildman–Crippen MR) is 96.4 cm³/mol. The van der Waals surface area contributed by atoms with Gasteiger partial charge in [-0.15, -0.1) is 0 Å². The smallest absolute Gasteiger partial charge is 0.218 e. The molecule has 0 spiro atoms. The molecule has 5 heteroatoms. The van der Waals surface area contributed by atoms with Gasteiger partial charge in [-0.1, -0.05) is 19.9 Å². The van der Waals surface area contributed by atoms with Crippen LogP contribution in [0.1, 0.15) is 38.2 Å². The fourth-order valence-corrected chi connectivity index (χ4v) is 3.78. The van der Waals surface area contributed by atoms with Gasteiger partial charge >= 0.3 is 0 Å². The Kier molecular flexibility index (Phi) is 3.77. The Morgan fingerprint density at radius 3 is 2.69 bits per heavy atom. The molecule has 0 aromatic carbocycles. The Morgan fingerprint density at radius 1 is 1.27 bits per heavy atom. The first-order valence-corrected chi connectivity index (χ1v) is 8.62. The minimum atomic E-state index is -0.446. The number of hydrogen-bond donors (Lipinski definition) is 0. The van der Waals surface area contributed by atoms with E-state index < -0.39 is 5.92 Å². The van der Waals surface area contributed by atoms with Crippen LogP contribution in [0.4, 0.5) is 0 Å². The van der Waals surface area contributed by atoms with Crippen LogP contribution < -0.4 is 0 Å². The van der Waals surface area contributed by atoms with Gasteiger partial charge in [0, 0.05) is 43.2 Å². The van der Waals surface area contributed by atoms with Crippen LogP contribution in [0, 0.1) is 16.7 Å². The fraction of sp³-hybridized carbons (Fsp3) is 0.286. The van der Waals surface area contributed by atoms with Gasteiger partial charge in [-0.05, 0) is 29.2 Å². The first kappa shape index (κ1) is 16.3. The highest BCUT2D eigenvalue weighted by Gasteiger charge is 2.43. The fourth-order valence-electron chi connectivity index (χ4n) is 3.78. The van der Waals surface area contributed by atoms with Gasteiger partial charge in [0.1, 0.15) is 17.4 Å². The Hall–Kier alpha value is -3.13. The van der Waals surface area contributed by atoms with E-state index in [4.69, 9.17) is 4.74 Å². The number of carbonyl (C=O) groups is 1. The second kappa shape index (κ2) is 5.99. The Morgan fingerprint density at radius 2 is 2.04 bits per heavy atom. The van der Waals surface area contributed by atoms with Crippen LogP contribution in [0.3, 0.4) is 0 Å². The summed E-state index contributed by atoms with van der Waals surface area (Å²) in [6.45, 7) is 4.13. The summed E-state index contributed by atoms with van der Waals surface area (Å²) in [6.07, 6.45) is 8.20. The maximum atomic E-state index is 13.0. The molecule has 0 amide bonds. The zero-order valence-electron chi connectivity index (χ0n) is 14.8. The van der Waals surface area contributed by atoms with Crippen molar-refractivity contribution < 1.29 is 9.53 Å². The molecule has 4 rings (SSSR count). The van der Waals surface area contributed by atoms with E-state index in [1.807, 2.05) is 36.7 Å². The molecule has 130 valence electrons. The lowest BCUT2D eigenvalue weighted by molar-refractivity contribution is -0.118. The third kappa shape index (κ3) is 2.64. The van der Waals surface area contributed by atoms with Crippen LogP contribution in [0.15, 0.2) is 66.0 Å². The number of hydrogen-bond acceptors (Lipinski definition) is 4. The minimum Gasteiger partial charge on any atom is -0.443 e. The molecule has 2 aliphatic rings. The number of aromatic nitrogens is 2. The number of carbonyl (C=O) groups excluding carboxylic acids is 1. The van der Waals surface area contributed by atoms with E-state index in [9.17, 15) is 10.1 Å². The number of nitrogens with zero attached hydrogens (tertiary/aromatic N) is 3.